The first-order valence-corrected chi connectivity index (χ1v) is 9.97. The summed E-state index contributed by atoms with van der Waals surface area (Å²) in [5.41, 5.74) is 2.53. The van der Waals surface area contributed by atoms with Crippen LogP contribution in [0.2, 0.25) is 5.02 Å². The van der Waals surface area contributed by atoms with Crippen LogP contribution in [0.25, 0.3) is 0 Å². The molecule has 2 aromatic rings. The molecule has 5 nitrogen and oxygen atoms in total. The van der Waals surface area contributed by atoms with Crippen molar-refractivity contribution in [2.24, 2.45) is 0 Å². The Bertz CT molecular complexity index is 878. The molecule has 25 heavy (non-hydrogen) atoms. The third-order valence-corrected chi connectivity index (χ3v) is 5.41. The van der Waals surface area contributed by atoms with Crippen LogP contribution in [-0.2, 0) is 10.0 Å². The lowest BCUT2D eigenvalue weighted by Crippen LogP contribution is -2.25. The number of benzene rings is 2. The Balaban J connectivity index is 2.19. The maximum Gasteiger partial charge on any atom is 0.257 e. The maximum absolute atomic E-state index is 12.4. The number of halogens is 1. The third-order valence-electron chi connectivity index (χ3n) is 3.89. The van der Waals surface area contributed by atoms with E-state index in [4.69, 9.17) is 11.6 Å². The number of hydrogen-bond acceptors (Lipinski definition) is 3. The second kappa shape index (κ2) is 7.45. The summed E-state index contributed by atoms with van der Waals surface area (Å²) < 4.78 is 24.3. The standard InChI is InChI=1S/C18H21ClN2O3S/c1-12(2)13-5-7-14(8-6-13)20-18(22)16-10-9-15(11-17(16)19)21(3)25(4,23)24/h5-12H,1-4H3,(H,20,22). The molecular formula is C18H21ClN2O3S. The van der Waals surface area contributed by atoms with Crippen molar-refractivity contribution >= 4 is 38.9 Å². The van der Waals surface area contributed by atoms with Crippen molar-refractivity contribution in [2.75, 3.05) is 22.9 Å². The Kier molecular flexibility index (Phi) is 5.75. The van der Waals surface area contributed by atoms with Gasteiger partial charge in [0.2, 0.25) is 10.0 Å². The van der Waals surface area contributed by atoms with Crippen LogP contribution < -0.4 is 9.62 Å². The van der Waals surface area contributed by atoms with Crippen LogP contribution in [0.5, 0.6) is 0 Å². The second-order valence-corrected chi connectivity index (χ2v) is 8.55. The van der Waals surface area contributed by atoms with Crippen LogP contribution in [0.3, 0.4) is 0 Å². The smallest absolute Gasteiger partial charge is 0.257 e. The van der Waals surface area contributed by atoms with Crippen LogP contribution in [0.4, 0.5) is 11.4 Å². The first-order chi connectivity index (χ1) is 11.6. The van der Waals surface area contributed by atoms with E-state index in [-0.39, 0.29) is 16.5 Å². The van der Waals surface area contributed by atoms with E-state index in [0.717, 1.165) is 10.6 Å². The lowest BCUT2D eigenvalue weighted by Gasteiger charge is -2.17. The van der Waals surface area contributed by atoms with Gasteiger partial charge in [-0.25, -0.2) is 8.42 Å². The zero-order chi connectivity index (χ0) is 18.8. The zero-order valence-corrected chi connectivity index (χ0v) is 16.1. The van der Waals surface area contributed by atoms with Gasteiger partial charge in [0, 0.05) is 12.7 Å². The average molecular weight is 381 g/mol. The second-order valence-electron chi connectivity index (χ2n) is 6.13. The molecule has 0 atom stereocenters. The van der Waals surface area contributed by atoms with Crippen LogP contribution >= 0.6 is 11.6 Å². The van der Waals surface area contributed by atoms with Gasteiger partial charge in [0.05, 0.1) is 22.5 Å². The van der Waals surface area contributed by atoms with Crippen molar-refractivity contribution < 1.29 is 13.2 Å². The average Bonchev–Trinajstić information content (AvgIpc) is 2.53. The molecule has 0 heterocycles. The Hall–Kier alpha value is -2.05. The lowest BCUT2D eigenvalue weighted by atomic mass is 10.0. The molecule has 0 aliphatic rings. The minimum absolute atomic E-state index is 0.185. The van der Waals surface area contributed by atoms with Gasteiger partial charge in [-0.15, -0.1) is 0 Å². The van der Waals surface area contributed by atoms with Crippen molar-refractivity contribution in [1.82, 2.24) is 0 Å². The van der Waals surface area contributed by atoms with Gasteiger partial charge < -0.3 is 5.32 Å². The Morgan fingerprint density at radius 3 is 2.20 bits per heavy atom. The van der Waals surface area contributed by atoms with E-state index in [1.165, 1.54) is 24.7 Å². The molecule has 2 rings (SSSR count). The molecule has 0 radical (unpaired) electrons. The highest BCUT2D eigenvalue weighted by Gasteiger charge is 2.16. The van der Waals surface area contributed by atoms with E-state index in [2.05, 4.69) is 19.2 Å². The van der Waals surface area contributed by atoms with Crippen LogP contribution in [-0.4, -0.2) is 27.6 Å². The largest absolute Gasteiger partial charge is 0.322 e. The molecule has 0 aliphatic heterocycles. The molecule has 0 aliphatic carbocycles. The summed E-state index contributed by atoms with van der Waals surface area (Å²) in [4.78, 5) is 12.4. The van der Waals surface area contributed by atoms with E-state index in [1.807, 2.05) is 24.3 Å². The molecule has 1 amide bonds. The fraction of sp³-hybridized carbons (Fsp3) is 0.278. The molecule has 0 bridgehead atoms. The number of hydrogen-bond donors (Lipinski definition) is 1. The number of carbonyl (C=O) groups excluding carboxylic acids is 1. The van der Waals surface area contributed by atoms with Crippen LogP contribution in [0.1, 0.15) is 35.7 Å². The highest BCUT2D eigenvalue weighted by atomic mass is 35.5. The van der Waals surface area contributed by atoms with Gasteiger partial charge in [0.15, 0.2) is 0 Å². The number of sulfonamides is 1. The van der Waals surface area contributed by atoms with E-state index in [1.54, 1.807) is 6.07 Å². The summed E-state index contributed by atoms with van der Waals surface area (Å²) in [7, 11) is -1.96. The highest BCUT2D eigenvalue weighted by Crippen LogP contribution is 2.25. The Labute approximate surface area is 153 Å². The fourth-order valence-corrected chi connectivity index (χ4v) is 2.98. The third kappa shape index (κ3) is 4.74. The molecule has 0 aromatic heterocycles. The molecule has 0 unspecified atom stereocenters. The highest BCUT2D eigenvalue weighted by molar-refractivity contribution is 7.92. The number of nitrogens with zero attached hydrogens (tertiary/aromatic N) is 1. The molecule has 134 valence electrons. The van der Waals surface area contributed by atoms with E-state index >= 15 is 0 Å². The normalized spacial score (nSPS) is 11.4. The monoisotopic (exact) mass is 380 g/mol. The lowest BCUT2D eigenvalue weighted by molar-refractivity contribution is 0.102. The van der Waals surface area contributed by atoms with Crippen molar-refractivity contribution in [3.63, 3.8) is 0 Å². The van der Waals surface area contributed by atoms with Gasteiger partial charge in [0.25, 0.3) is 5.91 Å². The summed E-state index contributed by atoms with van der Waals surface area (Å²) in [5.74, 6) is 0.0643. The number of nitrogens with one attached hydrogen (secondary N) is 1. The van der Waals surface area contributed by atoms with Crippen molar-refractivity contribution in [2.45, 2.75) is 19.8 Å². The molecule has 7 heteroatoms. The molecular weight excluding hydrogens is 360 g/mol. The Morgan fingerprint density at radius 2 is 1.72 bits per heavy atom. The predicted molar refractivity (Wildman–Crippen MR) is 103 cm³/mol. The van der Waals surface area contributed by atoms with E-state index < -0.39 is 10.0 Å². The van der Waals surface area contributed by atoms with Crippen LogP contribution in [0.15, 0.2) is 42.5 Å². The van der Waals surface area contributed by atoms with Crippen LogP contribution in [0, 0.1) is 0 Å². The van der Waals surface area contributed by atoms with E-state index in [9.17, 15) is 13.2 Å². The molecule has 0 saturated carbocycles. The van der Waals surface area contributed by atoms with Crippen molar-refractivity contribution in [3.8, 4) is 0 Å². The van der Waals surface area contributed by atoms with Gasteiger partial charge >= 0.3 is 0 Å². The summed E-state index contributed by atoms with van der Waals surface area (Å²) in [6, 6.07) is 12.1. The van der Waals surface area contributed by atoms with Gasteiger partial charge in [-0.05, 0) is 41.8 Å². The van der Waals surface area contributed by atoms with E-state index in [0.29, 0.717) is 17.3 Å². The van der Waals surface area contributed by atoms with Crippen molar-refractivity contribution in [3.05, 3.63) is 58.6 Å². The zero-order valence-electron chi connectivity index (χ0n) is 14.6. The number of carbonyl (C=O) groups is 1. The number of amides is 1. The minimum atomic E-state index is -3.39. The summed E-state index contributed by atoms with van der Waals surface area (Å²) >= 11 is 6.17. The first kappa shape index (κ1) is 19.3. The quantitative estimate of drug-likeness (QED) is 0.848. The summed E-state index contributed by atoms with van der Waals surface area (Å²) in [5, 5.41) is 2.97. The van der Waals surface area contributed by atoms with Gasteiger partial charge in [-0.1, -0.05) is 37.6 Å². The van der Waals surface area contributed by atoms with Gasteiger partial charge in [0.1, 0.15) is 0 Å². The van der Waals surface area contributed by atoms with Gasteiger partial charge in [-0.2, -0.15) is 0 Å². The number of rotatable bonds is 5. The topological polar surface area (TPSA) is 66.5 Å². The van der Waals surface area contributed by atoms with Gasteiger partial charge in [-0.3, -0.25) is 9.10 Å². The molecule has 0 spiro atoms. The summed E-state index contributed by atoms with van der Waals surface area (Å²) in [6.07, 6.45) is 1.10. The maximum atomic E-state index is 12.4. The molecule has 1 N–H and O–H groups in total. The molecule has 2 aromatic carbocycles. The SMILES string of the molecule is CC(C)c1ccc(NC(=O)c2ccc(N(C)S(C)(=O)=O)cc2Cl)cc1. The summed E-state index contributed by atoms with van der Waals surface area (Å²) in [6.45, 7) is 4.20. The molecule has 0 fully saturated rings. The molecule has 0 saturated heterocycles. The number of anilines is 2. The van der Waals surface area contributed by atoms with Crippen molar-refractivity contribution in [1.29, 1.82) is 0 Å². The Morgan fingerprint density at radius 1 is 1.12 bits per heavy atom. The minimum Gasteiger partial charge on any atom is -0.322 e. The fourth-order valence-electron chi connectivity index (χ4n) is 2.23. The predicted octanol–water partition coefficient (Wildman–Crippen LogP) is 4.11. The first-order valence-electron chi connectivity index (χ1n) is 7.74.